The molecular weight excluding hydrogens is 244 g/mol. The van der Waals surface area contributed by atoms with Crippen molar-refractivity contribution >= 4 is 5.97 Å². The Balaban J connectivity index is 2.29. The summed E-state index contributed by atoms with van der Waals surface area (Å²) < 4.78 is 5.52. The van der Waals surface area contributed by atoms with Crippen LogP contribution in [0.5, 0.6) is 11.6 Å². The van der Waals surface area contributed by atoms with Gasteiger partial charge >= 0.3 is 5.97 Å². The Hall–Kier alpha value is -2.87. The van der Waals surface area contributed by atoms with Crippen molar-refractivity contribution in [3.63, 3.8) is 0 Å². The summed E-state index contributed by atoms with van der Waals surface area (Å²) in [4.78, 5) is 14.9. The van der Waals surface area contributed by atoms with Crippen molar-refractivity contribution in [2.75, 3.05) is 0 Å². The van der Waals surface area contributed by atoms with Crippen molar-refractivity contribution in [2.45, 2.75) is 6.92 Å². The number of rotatable bonds is 3. The van der Waals surface area contributed by atoms with Gasteiger partial charge < -0.3 is 9.84 Å². The summed E-state index contributed by atoms with van der Waals surface area (Å²) in [5.41, 5.74) is 1.38. The first-order chi connectivity index (χ1) is 9.10. The van der Waals surface area contributed by atoms with Crippen molar-refractivity contribution in [1.82, 2.24) is 4.98 Å². The number of ether oxygens (including phenoxy) is 1. The zero-order valence-corrected chi connectivity index (χ0v) is 10.1. The lowest BCUT2D eigenvalue weighted by molar-refractivity contribution is 0.0696. The van der Waals surface area contributed by atoms with Crippen LogP contribution in [0.15, 0.2) is 36.5 Å². The molecule has 1 aromatic heterocycles. The van der Waals surface area contributed by atoms with E-state index in [9.17, 15) is 4.79 Å². The minimum absolute atomic E-state index is 0.147. The summed E-state index contributed by atoms with van der Waals surface area (Å²) in [5.74, 6) is -0.278. The van der Waals surface area contributed by atoms with E-state index in [2.05, 4.69) is 4.98 Å². The van der Waals surface area contributed by atoms with Gasteiger partial charge in [0.15, 0.2) is 0 Å². The predicted octanol–water partition coefficient (Wildman–Crippen LogP) is 2.75. The molecule has 0 saturated carbocycles. The summed E-state index contributed by atoms with van der Waals surface area (Å²) in [6.45, 7) is 1.81. The first kappa shape index (κ1) is 12.6. The third-order valence-electron chi connectivity index (χ3n) is 2.52. The third-order valence-corrected chi connectivity index (χ3v) is 2.52. The number of nitrogens with zero attached hydrogens (tertiary/aromatic N) is 2. The van der Waals surface area contributed by atoms with E-state index >= 15 is 0 Å². The molecule has 0 radical (unpaired) electrons. The van der Waals surface area contributed by atoms with Crippen LogP contribution in [0.25, 0.3) is 0 Å². The van der Waals surface area contributed by atoms with Crippen LogP contribution in [-0.4, -0.2) is 16.1 Å². The molecule has 0 aliphatic heterocycles. The summed E-state index contributed by atoms with van der Waals surface area (Å²) in [6, 6.07) is 9.72. The highest BCUT2D eigenvalue weighted by atomic mass is 16.5. The number of aryl methyl sites for hydroxylation is 1. The second-order valence-corrected chi connectivity index (χ2v) is 3.88. The number of benzene rings is 1. The summed E-state index contributed by atoms with van der Waals surface area (Å²) in [5, 5.41) is 17.6. The van der Waals surface area contributed by atoms with E-state index in [-0.39, 0.29) is 5.56 Å². The number of hydrogen-bond donors (Lipinski definition) is 1. The van der Waals surface area contributed by atoms with Gasteiger partial charge in [-0.2, -0.15) is 5.26 Å². The quantitative estimate of drug-likeness (QED) is 0.910. The molecule has 0 aliphatic carbocycles. The molecule has 0 bridgehead atoms. The van der Waals surface area contributed by atoms with Gasteiger partial charge in [0.05, 0.1) is 11.1 Å². The van der Waals surface area contributed by atoms with Gasteiger partial charge in [0.25, 0.3) is 0 Å². The Morgan fingerprint density at radius 1 is 1.37 bits per heavy atom. The average molecular weight is 254 g/mol. The van der Waals surface area contributed by atoms with Gasteiger partial charge in [0.2, 0.25) is 5.88 Å². The van der Waals surface area contributed by atoms with E-state index in [4.69, 9.17) is 15.1 Å². The molecule has 0 saturated heterocycles. The topological polar surface area (TPSA) is 83.2 Å². The van der Waals surface area contributed by atoms with Crippen LogP contribution in [0.1, 0.15) is 21.5 Å². The lowest BCUT2D eigenvalue weighted by Crippen LogP contribution is -1.98. The molecule has 0 spiro atoms. The summed E-state index contributed by atoms with van der Waals surface area (Å²) in [6.07, 6.45) is 1.39. The third kappa shape index (κ3) is 2.87. The van der Waals surface area contributed by atoms with E-state index in [1.54, 1.807) is 18.2 Å². The van der Waals surface area contributed by atoms with E-state index in [0.29, 0.717) is 17.2 Å². The molecule has 0 atom stereocenters. The maximum Gasteiger partial charge on any atom is 0.335 e. The van der Waals surface area contributed by atoms with Gasteiger partial charge in [-0.15, -0.1) is 0 Å². The number of carbonyl (C=O) groups is 1. The molecule has 0 unspecified atom stereocenters. The maximum absolute atomic E-state index is 10.9. The molecule has 1 heterocycles. The standard InChI is InChI=1S/C14H10N2O3/c1-9-2-4-11(14(17)18)6-12(9)19-13-5-3-10(7-15)8-16-13/h2-6,8H,1H3,(H,17,18). The highest BCUT2D eigenvalue weighted by molar-refractivity contribution is 5.88. The van der Waals surface area contributed by atoms with E-state index < -0.39 is 5.97 Å². The molecule has 1 N–H and O–H groups in total. The van der Waals surface area contributed by atoms with Crippen LogP contribution in [0.2, 0.25) is 0 Å². The van der Waals surface area contributed by atoms with E-state index in [1.165, 1.54) is 18.3 Å². The van der Waals surface area contributed by atoms with Crippen molar-refractivity contribution in [2.24, 2.45) is 0 Å². The molecule has 2 rings (SSSR count). The summed E-state index contributed by atoms with van der Waals surface area (Å²) >= 11 is 0. The van der Waals surface area contributed by atoms with Gasteiger partial charge in [-0.25, -0.2) is 9.78 Å². The van der Waals surface area contributed by atoms with Gasteiger partial charge in [-0.3, -0.25) is 0 Å². The smallest absolute Gasteiger partial charge is 0.335 e. The molecule has 1 aromatic carbocycles. The molecule has 0 fully saturated rings. The van der Waals surface area contributed by atoms with Crippen LogP contribution in [0.4, 0.5) is 0 Å². The van der Waals surface area contributed by atoms with Crippen LogP contribution in [0.3, 0.4) is 0 Å². The predicted molar refractivity (Wildman–Crippen MR) is 67.2 cm³/mol. The Kier molecular flexibility index (Phi) is 3.44. The first-order valence-electron chi connectivity index (χ1n) is 5.48. The van der Waals surface area contributed by atoms with Gasteiger partial charge in [-0.05, 0) is 30.7 Å². The molecule has 94 valence electrons. The molecular formula is C14H10N2O3. The Bertz CT molecular complexity index is 657. The first-order valence-corrected chi connectivity index (χ1v) is 5.48. The zero-order chi connectivity index (χ0) is 13.8. The number of nitriles is 1. The normalized spacial score (nSPS) is 9.68. The minimum Gasteiger partial charge on any atom is -0.478 e. The molecule has 5 nitrogen and oxygen atoms in total. The van der Waals surface area contributed by atoms with E-state index in [1.807, 2.05) is 13.0 Å². The second-order valence-electron chi connectivity index (χ2n) is 3.88. The fraction of sp³-hybridized carbons (Fsp3) is 0.0714. The fourth-order valence-corrected chi connectivity index (χ4v) is 1.46. The van der Waals surface area contributed by atoms with Crippen molar-refractivity contribution < 1.29 is 14.6 Å². The molecule has 19 heavy (non-hydrogen) atoms. The number of aromatic carboxylic acids is 1. The highest BCUT2D eigenvalue weighted by Crippen LogP contribution is 2.24. The van der Waals surface area contributed by atoms with Gasteiger partial charge in [0.1, 0.15) is 11.8 Å². The Labute approximate surface area is 109 Å². The lowest BCUT2D eigenvalue weighted by Gasteiger charge is -2.08. The molecule has 2 aromatic rings. The number of carboxylic acid groups (broad SMARTS) is 1. The Morgan fingerprint density at radius 3 is 2.74 bits per heavy atom. The van der Waals surface area contributed by atoms with Gasteiger partial charge in [-0.1, -0.05) is 6.07 Å². The van der Waals surface area contributed by atoms with Crippen molar-refractivity contribution in [3.8, 4) is 17.7 Å². The van der Waals surface area contributed by atoms with Crippen molar-refractivity contribution in [1.29, 1.82) is 5.26 Å². The van der Waals surface area contributed by atoms with Crippen LogP contribution >= 0.6 is 0 Å². The molecule has 0 amide bonds. The fourth-order valence-electron chi connectivity index (χ4n) is 1.46. The monoisotopic (exact) mass is 254 g/mol. The maximum atomic E-state index is 10.9. The second kappa shape index (κ2) is 5.19. The SMILES string of the molecule is Cc1ccc(C(=O)O)cc1Oc1ccc(C#N)cn1. The van der Waals surface area contributed by atoms with Crippen molar-refractivity contribution in [3.05, 3.63) is 53.2 Å². The van der Waals surface area contributed by atoms with Crippen LogP contribution < -0.4 is 4.74 Å². The number of carboxylic acids is 1. The van der Waals surface area contributed by atoms with Crippen LogP contribution in [-0.2, 0) is 0 Å². The zero-order valence-electron chi connectivity index (χ0n) is 10.1. The number of aromatic nitrogens is 1. The molecule has 0 aliphatic rings. The number of hydrogen-bond acceptors (Lipinski definition) is 4. The minimum atomic E-state index is -1.02. The molecule has 5 heteroatoms. The number of pyridine rings is 1. The largest absolute Gasteiger partial charge is 0.478 e. The lowest BCUT2D eigenvalue weighted by atomic mass is 10.1. The highest BCUT2D eigenvalue weighted by Gasteiger charge is 2.08. The van der Waals surface area contributed by atoms with E-state index in [0.717, 1.165) is 5.56 Å². The average Bonchev–Trinajstić information content (AvgIpc) is 2.42. The van der Waals surface area contributed by atoms with Gasteiger partial charge in [0, 0.05) is 12.3 Å². The summed E-state index contributed by atoms with van der Waals surface area (Å²) in [7, 11) is 0. The van der Waals surface area contributed by atoms with Crippen LogP contribution in [0, 0.1) is 18.3 Å². The Morgan fingerprint density at radius 2 is 2.16 bits per heavy atom.